The van der Waals surface area contributed by atoms with Crippen LogP contribution in [0.25, 0.3) is 16.8 Å². The third kappa shape index (κ3) is 2.84. The van der Waals surface area contributed by atoms with Crippen molar-refractivity contribution in [3.8, 4) is 17.0 Å². The summed E-state index contributed by atoms with van der Waals surface area (Å²) in [4.78, 5) is 6.38. The first-order valence-electron chi connectivity index (χ1n) is 8.11. The van der Waals surface area contributed by atoms with E-state index >= 15 is 0 Å². The van der Waals surface area contributed by atoms with Crippen LogP contribution in [-0.2, 0) is 0 Å². The SMILES string of the molecule is COc1cccc(N2CC(O)=C(c3nc(-c4ccccc4)cs3)C2=N)c1. The van der Waals surface area contributed by atoms with Crippen molar-refractivity contribution >= 4 is 28.4 Å². The molecule has 0 aliphatic carbocycles. The lowest BCUT2D eigenvalue weighted by Gasteiger charge is -2.19. The van der Waals surface area contributed by atoms with Gasteiger partial charge in [-0.1, -0.05) is 36.4 Å². The molecule has 0 radical (unpaired) electrons. The number of ether oxygens (including phenoxy) is 1. The molecule has 0 saturated carbocycles. The number of nitrogens with zero attached hydrogens (tertiary/aromatic N) is 2. The molecule has 6 heteroatoms. The van der Waals surface area contributed by atoms with E-state index in [4.69, 9.17) is 10.1 Å². The summed E-state index contributed by atoms with van der Waals surface area (Å²) in [5.41, 5.74) is 3.15. The Labute approximate surface area is 155 Å². The van der Waals surface area contributed by atoms with Crippen molar-refractivity contribution in [1.29, 1.82) is 5.41 Å². The Morgan fingerprint density at radius 1 is 1.15 bits per heavy atom. The smallest absolute Gasteiger partial charge is 0.139 e. The van der Waals surface area contributed by atoms with Gasteiger partial charge in [0.25, 0.3) is 0 Å². The van der Waals surface area contributed by atoms with Crippen LogP contribution in [0.2, 0.25) is 0 Å². The number of aliphatic hydroxyl groups is 1. The second-order valence-electron chi connectivity index (χ2n) is 5.86. The number of aliphatic hydroxyl groups excluding tert-OH is 1. The number of benzene rings is 2. The van der Waals surface area contributed by atoms with Gasteiger partial charge in [-0.05, 0) is 12.1 Å². The van der Waals surface area contributed by atoms with E-state index in [-0.39, 0.29) is 18.1 Å². The Bertz CT molecular complexity index is 995. The highest BCUT2D eigenvalue weighted by atomic mass is 32.1. The van der Waals surface area contributed by atoms with E-state index < -0.39 is 0 Å². The number of thiazole rings is 1. The average molecular weight is 363 g/mol. The Morgan fingerprint density at radius 3 is 2.73 bits per heavy atom. The molecular formula is C20H17N3O2S. The molecule has 3 aromatic rings. The van der Waals surface area contributed by atoms with Gasteiger partial charge in [-0.25, -0.2) is 4.98 Å². The second-order valence-corrected chi connectivity index (χ2v) is 6.72. The van der Waals surface area contributed by atoms with Gasteiger partial charge < -0.3 is 14.7 Å². The van der Waals surface area contributed by atoms with Crippen LogP contribution in [0.5, 0.6) is 5.75 Å². The lowest BCUT2D eigenvalue weighted by atomic mass is 10.2. The average Bonchev–Trinajstić information content (AvgIpc) is 3.27. The van der Waals surface area contributed by atoms with Gasteiger partial charge in [-0.3, -0.25) is 5.41 Å². The van der Waals surface area contributed by atoms with Gasteiger partial charge in [0, 0.05) is 22.7 Å². The zero-order chi connectivity index (χ0) is 18.1. The number of rotatable bonds is 4. The van der Waals surface area contributed by atoms with E-state index in [2.05, 4.69) is 4.98 Å². The molecule has 0 bridgehead atoms. The van der Waals surface area contributed by atoms with Gasteiger partial charge in [-0.2, -0.15) is 0 Å². The maximum atomic E-state index is 10.5. The molecule has 130 valence electrons. The number of nitrogens with one attached hydrogen (secondary N) is 1. The predicted molar refractivity (Wildman–Crippen MR) is 105 cm³/mol. The molecule has 5 nitrogen and oxygen atoms in total. The maximum absolute atomic E-state index is 10.5. The molecule has 0 atom stereocenters. The lowest BCUT2D eigenvalue weighted by Crippen LogP contribution is -2.25. The van der Waals surface area contributed by atoms with E-state index in [1.165, 1.54) is 11.3 Å². The summed E-state index contributed by atoms with van der Waals surface area (Å²) in [6.45, 7) is 0.252. The standard InChI is InChI=1S/C20H17N3O2S/c1-25-15-9-5-8-14(10-15)23-11-17(24)18(19(23)21)20-22-16(12-26-20)13-6-3-2-4-7-13/h2-10,12,21,24H,11H2,1H3. The molecule has 1 aliphatic rings. The fourth-order valence-corrected chi connectivity index (χ4v) is 3.83. The summed E-state index contributed by atoms with van der Waals surface area (Å²) in [7, 11) is 1.61. The third-order valence-electron chi connectivity index (χ3n) is 4.26. The molecule has 0 unspecified atom stereocenters. The first kappa shape index (κ1) is 16.4. The Balaban J connectivity index is 1.64. The zero-order valence-corrected chi connectivity index (χ0v) is 15.0. The number of aromatic nitrogens is 1. The highest BCUT2D eigenvalue weighted by Gasteiger charge is 2.31. The molecule has 4 rings (SSSR count). The highest BCUT2D eigenvalue weighted by Crippen LogP contribution is 2.35. The van der Waals surface area contributed by atoms with E-state index in [0.29, 0.717) is 16.3 Å². The molecule has 0 fully saturated rings. The van der Waals surface area contributed by atoms with Gasteiger partial charge in [0.2, 0.25) is 0 Å². The van der Waals surface area contributed by atoms with Crippen LogP contribution in [0.1, 0.15) is 5.01 Å². The monoisotopic (exact) mass is 363 g/mol. The van der Waals surface area contributed by atoms with Gasteiger partial charge in [0.15, 0.2) is 0 Å². The van der Waals surface area contributed by atoms with Gasteiger partial charge in [0.05, 0.1) is 24.9 Å². The summed E-state index contributed by atoms with van der Waals surface area (Å²) < 4.78 is 5.26. The number of amidine groups is 1. The predicted octanol–water partition coefficient (Wildman–Crippen LogP) is 4.59. The van der Waals surface area contributed by atoms with Crippen molar-refractivity contribution < 1.29 is 9.84 Å². The number of hydrogen-bond donors (Lipinski definition) is 2. The Kier molecular flexibility index (Phi) is 4.18. The number of anilines is 1. The van der Waals surface area contributed by atoms with Crippen molar-refractivity contribution in [1.82, 2.24) is 4.98 Å². The van der Waals surface area contributed by atoms with Gasteiger partial charge in [0.1, 0.15) is 22.4 Å². The molecular weight excluding hydrogens is 346 g/mol. The molecule has 2 N–H and O–H groups in total. The van der Waals surface area contributed by atoms with Crippen molar-refractivity contribution in [2.24, 2.45) is 0 Å². The Morgan fingerprint density at radius 2 is 1.96 bits per heavy atom. The fraction of sp³-hybridized carbons (Fsp3) is 0.100. The van der Waals surface area contributed by atoms with Crippen LogP contribution >= 0.6 is 11.3 Å². The van der Waals surface area contributed by atoms with Crippen LogP contribution in [-0.4, -0.2) is 29.6 Å². The van der Waals surface area contributed by atoms with Crippen LogP contribution in [0.3, 0.4) is 0 Å². The minimum absolute atomic E-state index is 0.159. The quantitative estimate of drug-likeness (QED) is 0.711. The summed E-state index contributed by atoms with van der Waals surface area (Å²) in [5, 5.41) is 21.6. The second kappa shape index (κ2) is 6.65. The summed E-state index contributed by atoms with van der Waals surface area (Å²) in [6, 6.07) is 17.3. The van der Waals surface area contributed by atoms with E-state index in [9.17, 15) is 5.11 Å². The summed E-state index contributed by atoms with van der Waals surface area (Å²) >= 11 is 1.43. The van der Waals surface area contributed by atoms with E-state index in [1.54, 1.807) is 12.0 Å². The normalized spacial score (nSPS) is 14.2. The zero-order valence-electron chi connectivity index (χ0n) is 14.1. The van der Waals surface area contributed by atoms with Crippen molar-refractivity contribution in [3.63, 3.8) is 0 Å². The molecule has 2 aromatic carbocycles. The van der Waals surface area contributed by atoms with Crippen LogP contribution < -0.4 is 9.64 Å². The summed E-state index contributed by atoms with van der Waals surface area (Å²) in [6.07, 6.45) is 0. The fourth-order valence-electron chi connectivity index (χ4n) is 2.93. The highest BCUT2D eigenvalue weighted by molar-refractivity contribution is 7.11. The first-order valence-corrected chi connectivity index (χ1v) is 8.99. The third-order valence-corrected chi connectivity index (χ3v) is 5.12. The van der Waals surface area contributed by atoms with Crippen molar-refractivity contribution in [3.05, 3.63) is 70.7 Å². The minimum Gasteiger partial charge on any atom is -0.510 e. The topological polar surface area (TPSA) is 69.4 Å². The van der Waals surface area contributed by atoms with Gasteiger partial charge in [-0.15, -0.1) is 11.3 Å². The summed E-state index contributed by atoms with van der Waals surface area (Å²) in [5.74, 6) is 1.11. The minimum atomic E-state index is 0.159. The lowest BCUT2D eigenvalue weighted by molar-refractivity contribution is 0.410. The van der Waals surface area contributed by atoms with Crippen molar-refractivity contribution in [2.75, 3.05) is 18.6 Å². The number of methoxy groups -OCH3 is 1. The van der Waals surface area contributed by atoms with Crippen LogP contribution in [0.15, 0.2) is 65.7 Å². The number of hydrogen-bond acceptors (Lipinski definition) is 5. The van der Waals surface area contributed by atoms with Crippen molar-refractivity contribution in [2.45, 2.75) is 0 Å². The van der Waals surface area contributed by atoms with Crippen LogP contribution in [0.4, 0.5) is 5.69 Å². The van der Waals surface area contributed by atoms with Crippen LogP contribution in [0, 0.1) is 5.41 Å². The molecule has 1 aromatic heterocycles. The molecule has 1 aliphatic heterocycles. The molecule has 0 saturated heterocycles. The molecule has 2 heterocycles. The molecule has 26 heavy (non-hydrogen) atoms. The molecule has 0 amide bonds. The van der Waals surface area contributed by atoms with E-state index in [0.717, 1.165) is 16.9 Å². The largest absolute Gasteiger partial charge is 0.510 e. The van der Waals surface area contributed by atoms with E-state index in [1.807, 2.05) is 60.0 Å². The maximum Gasteiger partial charge on any atom is 0.139 e. The first-order chi connectivity index (χ1) is 12.7. The Hall–Kier alpha value is -3.12. The molecule has 0 spiro atoms. The van der Waals surface area contributed by atoms with Gasteiger partial charge >= 0.3 is 0 Å².